The van der Waals surface area contributed by atoms with E-state index in [4.69, 9.17) is 14.3 Å². The fourth-order valence-electron chi connectivity index (χ4n) is 6.77. The van der Waals surface area contributed by atoms with Crippen LogP contribution in [-0.4, -0.2) is 40.7 Å². The van der Waals surface area contributed by atoms with E-state index >= 15 is 0 Å². The van der Waals surface area contributed by atoms with Gasteiger partial charge in [0.2, 0.25) is 5.89 Å². The molecular formula is C30H39FN2O5. The lowest BCUT2D eigenvalue weighted by Crippen LogP contribution is -2.28. The molecule has 4 atom stereocenters. The number of aryl methyl sites for hydroxylation is 1. The van der Waals surface area contributed by atoms with Crippen LogP contribution in [0.25, 0.3) is 0 Å². The summed E-state index contributed by atoms with van der Waals surface area (Å²) in [5.74, 6) is -0.192. The van der Waals surface area contributed by atoms with Crippen molar-refractivity contribution in [1.29, 1.82) is 0 Å². The van der Waals surface area contributed by atoms with Crippen LogP contribution in [0.5, 0.6) is 0 Å². The van der Waals surface area contributed by atoms with Gasteiger partial charge in [0.1, 0.15) is 12.1 Å². The monoisotopic (exact) mass is 526 g/mol. The van der Waals surface area contributed by atoms with Crippen LogP contribution >= 0.6 is 0 Å². The Bertz CT molecular complexity index is 1110. The van der Waals surface area contributed by atoms with E-state index < -0.39 is 5.97 Å². The van der Waals surface area contributed by atoms with E-state index in [1.54, 1.807) is 6.07 Å². The standard InChI is InChI=1S/C30H39FN2O5/c31-22-11-9-20(10-14-27(34)35)21(16-22)17-23-25-12-13-26(38-25)28(23)30-33-24(18-37-30)29(36)32-15-5-4-8-19-6-2-1-3-7-19/h9,11,16,18-19,23,25-26,28H,1-8,10,12-15,17H2,(H,32,36)(H,34,35)/t23-,25?,26?,28-/m0/s1. The first-order chi connectivity index (χ1) is 18.5. The van der Waals surface area contributed by atoms with Gasteiger partial charge in [-0.25, -0.2) is 9.37 Å². The molecule has 3 fully saturated rings. The zero-order valence-corrected chi connectivity index (χ0v) is 22.0. The van der Waals surface area contributed by atoms with Crippen LogP contribution in [0.3, 0.4) is 0 Å². The summed E-state index contributed by atoms with van der Waals surface area (Å²) in [5, 5.41) is 12.1. The zero-order chi connectivity index (χ0) is 26.5. The molecule has 1 aromatic heterocycles. The molecule has 1 saturated carbocycles. The molecule has 2 N–H and O–H groups in total. The third-order valence-electron chi connectivity index (χ3n) is 8.75. The van der Waals surface area contributed by atoms with Gasteiger partial charge in [-0.05, 0) is 61.3 Å². The lowest BCUT2D eigenvalue weighted by Gasteiger charge is -2.26. The van der Waals surface area contributed by atoms with Crippen molar-refractivity contribution < 1.29 is 28.2 Å². The molecule has 206 valence electrons. The lowest BCUT2D eigenvalue weighted by atomic mass is 9.75. The Labute approximate surface area is 223 Å². The van der Waals surface area contributed by atoms with Gasteiger partial charge in [0.15, 0.2) is 5.69 Å². The largest absolute Gasteiger partial charge is 0.481 e. The number of carbonyl (C=O) groups excluding carboxylic acids is 1. The quantitative estimate of drug-likeness (QED) is 0.338. The van der Waals surface area contributed by atoms with Gasteiger partial charge in [0.05, 0.1) is 18.1 Å². The lowest BCUT2D eigenvalue weighted by molar-refractivity contribution is -0.136. The number of nitrogens with zero attached hydrogens (tertiary/aromatic N) is 1. The first kappa shape index (κ1) is 26.9. The molecular weight excluding hydrogens is 487 g/mol. The Kier molecular flexibility index (Phi) is 8.77. The van der Waals surface area contributed by atoms with Crippen molar-refractivity contribution in [3.63, 3.8) is 0 Å². The van der Waals surface area contributed by atoms with Crippen molar-refractivity contribution in [2.75, 3.05) is 6.54 Å². The number of carboxylic acid groups (broad SMARTS) is 1. The van der Waals surface area contributed by atoms with E-state index in [1.807, 2.05) is 0 Å². The SMILES string of the molecule is O=C(O)CCc1ccc(F)cc1C[C@H]1C2CCC(O2)[C@H]1c1nc(C(=O)NCCCCC2CCCCC2)co1. The topological polar surface area (TPSA) is 102 Å². The van der Waals surface area contributed by atoms with Gasteiger partial charge in [0, 0.05) is 18.9 Å². The Morgan fingerprint density at radius 3 is 2.68 bits per heavy atom. The first-order valence-corrected chi connectivity index (χ1v) is 14.4. The molecule has 3 aliphatic rings. The van der Waals surface area contributed by atoms with Crippen LogP contribution in [0, 0.1) is 17.7 Å². The smallest absolute Gasteiger partial charge is 0.303 e. The van der Waals surface area contributed by atoms with Crippen molar-refractivity contribution in [3.8, 4) is 0 Å². The number of unbranched alkanes of at least 4 members (excludes halogenated alkanes) is 1. The maximum absolute atomic E-state index is 14.1. The molecule has 2 saturated heterocycles. The summed E-state index contributed by atoms with van der Waals surface area (Å²) in [4.78, 5) is 28.4. The minimum atomic E-state index is -0.878. The van der Waals surface area contributed by atoms with Crippen LogP contribution < -0.4 is 5.32 Å². The number of hydrogen-bond donors (Lipinski definition) is 2. The maximum Gasteiger partial charge on any atom is 0.303 e. The summed E-state index contributed by atoms with van der Waals surface area (Å²) < 4.78 is 26.2. The van der Waals surface area contributed by atoms with Crippen LogP contribution in [0.4, 0.5) is 4.39 Å². The second-order valence-electron chi connectivity index (χ2n) is 11.3. The number of oxazole rings is 1. The summed E-state index contributed by atoms with van der Waals surface area (Å²) >= 11 is 0. The molecule has 8 heteroatoms. The van der Waals surface area contributed by atoms with Crippen LogP contribution in [0.15, 0.2) is 28.9 Å². The van der Waals surface area contributed by atoms with Gasteiger partial charge in [-0.3, -0.25) is 9.59 Å². The van der Waals surface area contributed by atoms with Crippen molar-refractivity contribution in [1.82, 2.24) is 10.3 Å². The molecule has 1 amide bonds. The Morgan fingerprint density at radius 2 is 1.87 bits per heavy atom. The summed E-state index contributed by atoms with van der Waals surface area (Å²) in [7, 11) is 0. The predicted octanol–water partition coefficient (Wildman–Crippen LogP) is 5.82. The number of carboxylic acids is 1. The molecule has 38 heavy (non-hydrogen) atoms. The molecule has 0 radical (unpaired) electrons. The van der Waals surface area contributed by atoms with E-state index in [1.165, 1.54) is 56.9 Å². The number of halogens is 1. The van der Waals surface area contributed by atoms with E-state index in [0.717, 1.165) is 42.7 Å². The molecule has 5 rings (SSSR count). The highest BCUT2D eigenvalue weighted by Crippen LogP contribution is 2.50. The minimum Gasteiger partial charge on any atom is -0.481 e. The summed E-state index contributed by atoms with van der Waals surface area (Å²) in [5.41, 5.74) is 1.92. The minimum absolute atomic E-state index is 0.00588. The zero-order valence-electron chi connectivity index (χ0n) is 22.0. The van der Waals surface area contributed by atoms with Crippen LogP contribution in [-0.2, 0) is 22.4 Å². The number of benzene rings is 1. The van der Waals surface area contributed by atoms with Gasteiger partial charge in [-0.15, -0.1) is 0 Å². The molecule has 3 heterocycles. The molecule has 2 unspecified atom stereocenters. The fourth-order valence-corrected chi connectivity index (χ4v) is 6.77. The molecule has 1 aromatic carbocycles. The number of aromatic nitrogens is 1. The number of amides is 1. The number of carbonyl (C=O) groups is 2. The highest BCUT2D eigenvalue weighted by atomic mass is 19.1. The Balaban J connectivity index is 1.19. The maximum atomic E-state index is 14.1. The number of ether oxygens (including phenoxy) is 1. The van der Waals surface area contributed by atoms with Gasteiger partial charge in [0.25, 0.3) is 5.91 Å². The van der Waals surface area contributed by atoms with Crippen molar-refractivity contribution in [3.05, 3.63) is 53.0 Å². The van der Waals surface area contributed by atoms with Crippen molar-refractivity contribution >= 4 is 11.9 Å². The molecule has 2 aliphatic heterocycles. The first-order valence-electron chi connectivity index (χ1n) is 14.4. The molecule has 7 nitrogen and oxygen atoms in total. The third kappa shape index (κ3) is 6.45. The summed E-state index contributed by atoms with van der Waals surface area (Å²) in [6.07, 6.45) is 14.2. The highest BCUT2D eigenvalue weighted by Gasteiger charge is 2.51. The number of fused-ring (bicyclic) bond motifs is 2. The van der Waals surface area contributed by atoms with Gasteiger partial charge < -0.3 is 19.6 Å². The summed E-state index contributed by atoms with van der Waals surface area (Å²) in [6.45, 7) is 0.631. The highest BCUT2D eigenvalue weighted by molar-refractivity contribution is 5.91. The number of aliphatic carboxylic acids is 1. The number of rotatable bonds is 12. The molecule has 1 aliphatic carbocycles. The van der Waals surface area contributed by atoms with Crippen LogP contribution in [0.2, 0.25) is 0 Å². The van der Waals surface area contributed by atoms with Crippen molar-refractivity contribution in [2.45, 2.75) is 102 Å². The van der Waals surface area contributed by atoms with E-state index in [2.05, 4.69) is 10.3 Å². The Hall–Kier alpha value is -2.74. The van der Waals surface area contributed by atoms with Gasteiger partial charge >= 0.3 is 5.97 Å². The normalized spacial score (nSPS) is 25.1. The van der Waals surface area contributed by atoms with E-state index in [0.29, 0.717) is 25.3 Å². The second kappa shape index (κ2) is 12.4. The molecule has 2 aromatic rings. The van der Waals surface area contributed by atoms with E-state index in [9.17, 15) is 14.0 Å². The number of nitrogens with one attached hydrogen (secondary N) is 1. The number of hydrogen-bond acceptors (Lipinski definition) is 5. The third-order valence-corrected chi connectivity index (χ3v) is 8.75. The fraction of sp³-hybridized carbons (Fsp3) is 0.633. The second-order valence-corrected chi connectivity index (χ2v) is 11.3. The predicted molar refractivity (Wildman–Crippen MR) is 139 cm³/mol. The van der Waals surface area contributed by atoms with Gasteiger partial charge in [-0.2, -0.15) is 0 Å². The van der Waals surface area contributed by atoms with Crippen molar-refractivity contribution in [2.24, 2.45) is 11.8 Å². The van der Waals surface area contributed by atoms with E-state index in [-0.39, 0.29) is 47.9 Å². The van der Waals surface area contributed by atoms with Gasteiger partial charge in [-0.1, -0.05) is 51.0 Å². The molecule has 2 bridgehead atoms. The average Bonchev–Trinajstić information content (AvgIpc) is 3.65. The molecule has 0 spiro atoms. The van der Waals surface area contributed by atoms with Crippen LogP contribution in [0.1, 0.15) is 104 Å². The summed E-state index contributed by atoms with van der Waals surface area (Å²) in [6, 6.07) is 4.56. The average molecular weight is 527 g/mol. The Morgan fingerprint density at radius 1 is 1.05 bits per heavy atom.